The molecule has 0 bridgehead atoms. The van der Waals surface area contributed by atoms with Gasteiger partial charge in [-0.25, -0.2) is 4.98 Å². The smallest absolute Gasteiger partial charge is 0.242 e. The topological polar surface area (TPSA) is 59.9 Å². The largest absolute Gasteiger partial charge is 0.381 e. The molecule has 0 fully saturated rings. The molecule has 0 saturated carbocycles. The molecule has 0 atom stereocenters. The summed E-state index contributed by atoms with van der Waals surface area (Å²) in [5.41, 5.74) is 2.03. The molecular formula is C13H24N4O. The van der Waals surface area contributed by atoms with Crippen LogP contribution in [0.3, 0.4) is 0 Å². The number of hydrogen-bond donors (Lipinski definition) is 1. The molecule has 0 radical (unpaired) electrons. The van der Waals surface area contributed by atoms with Crippen molar-refractivity contribution in [3.05, 3.63) is 11.4 Å². The molecule has 0 spiro atoms. The number of anilines is 1. The average molecular weight is 252 g/mol. The van der Waals surface area contributed by atoms with Crippen molar-refractivity contribution in [1.82, 2.24) is 15.2 Å². The number of nitrogens with zero attached hydrogens (tertiary/aromatic N) is 3. The van der Waals surface area contributed by atoms with Crippen LogP contribution in [0.2, 0.25) is 0 Å². The van der Waals surface area contributed by atoms with E-state index >= 15 is 0 Å². The third kappa shape index (κ3) is 4.96. The van der Waals surface area contributed by atoms with Crippen LogP contribution in [0.5, 0.6) is 0 Å². The van der Waals surface area contributed by atoms with Gasteiger partial charge in [0.15, 0.2) is 0 Å². The van der Waals surface area contributed by atoms with Crippen LogP contribution in [0, 0.1) is 0 Å². The third-order valence-corrected chi connectivity index (χ3v) is 2.61. The Morgan fingerprint density at radius 1 is 1.00 bits per heavy atom. The van der Waals surface area contributed by atoms with Gasteiger partial charge >= 0.3 is 0 Å². The average Bonchev–Trinajstić information content (AvgIpc) is 2.42. The molecule has 0 amide bonds. The summed E-state index contributed by atoms with van der Waals surface area (Å²) in [7, 11) is 0. The van der Waals surface area contributed by atoms with E-state index in [0.717, 1.165) is 56.8 Å². The van der Waals surface area contributed by atoms with Gasteiger partial charge in [0.25, 0.3) is 0 Å². The lowest BCUT2D eigenvalue weighted by Gasteiger charge is -2.07. The summed E-state index contributed by atoms with van der Waals surface area (Å²) in [4.78, 5) is 4.47. The van der Waals surface area contributed by atoms with Crippen LogP contribution >= 0.6 is 0 Å². The second kappa shape index (κ2) is 8.80. The molecule has 0 aliphatic rings. The monoisotopic (exact) mass is 252 g/mol. The van der Waals surface area contributed by atoms with E-state index in [1.165, 1.54) is 0 Å². The Kier molecular flexibility index (Phi) is 7.25. The Labute approximate surface area is 109 Å². The van der Waals surface area contributed by atoms with Gasteiger partial charge < -0.3 is 10.1 Å². The van der Waals surface area contributed by atoms with Gasteiger partial charge in [0, 0.05) is 19.8 Å². The Morgan fingerprint density at radius 3 is 2.44 bits per heavy atom. The van der Waals surface area contributed by atoms with Gasteiger partial charge in [0.2, 0.25) is 5.95 Å². The van der Waals surface area contributed by atoms with Crippen molar-refractivity contribution >= 4 is 5.95 Å². The lowest BCUT2D eigenvalue weighted by molar-refractivity contribution is 0.134. The molecule has 102 valence electrons. The van der Waals surface area contributed by atoms with E-state index in [2.05, 4.69) is 41.3 Å². The molecule has 1 aromatic heterocycles. The van der Waals surface area contributed by atoms with Crippen LogP contribution in [0.4, 0.5) is 5.95 Å². The number of nitrogens with one attached hydrogen (secondary N) is 1. The zero-order chi connectivity index (χ0) is 13.2. The number of rotatable bonds is 9. The lowest BCUT2D eigenvalue weighted by atomic mass is 10.2. The van der Waals surface area contributed by atoms with Gasteiger partial charge in [-0.1, -0.05) is 20.8 Å². The van der Waals surface area contributed by atoms with Gasteiger partial charge in [0.05, 0.1) is 11.4 Å². The third-order valence-electron chi connectivity index (χ3n) is 2.61. The predicted molar refractivity (Wildman–Crippen MR) is 72.8 cm³/mol. The van der Waals surface area contributed by atoms with E-state index in [9.17, 15) is 0 Å². The van der Waals surface area contributed by atoms with Crippen LogP contribution in [0.15, 0.2) is 0 Å². The first-order valence-electron chi connectivity index (χ1n) is 6.85. The number of ether oxygens (including phenoxy) is 1. The molecule has 1 heterocycles. The predicted octanol–water partition coefficient (Wildman–Crippen LogP) is 2.22. The first kappa shape index (κ1) is 14.8. The van der Waals surface area contributed by atoms with E-state index in [1.54, 1.807) is 0 Å². The molecule has 0 saturated heterocycles. The van der Waals surface area contributed by atoms with Crippen molar-refractivity contribution < 1.29 is 4.74 Å². The maximum atomic E-state index is 5.41. The van der Waals surface area contributed by atoms with Crippen molar-refractivity contribution in [2.24, 2.45) is 0 Å². The minimum Gasteiger partial charge on any atom is -0.381 e. The molecule has 5 nitrogen and oxygen atoms in total. The fourth-order valence-corrected chi connectivity index (χ4v) is 1.63. The molecule has 1 aromatic rings. The summed E-state index contributed by atoms with van der Waals surface area (Å²) in [6.07, 6.45) is 3.81. The van der Waals surface area contributed by atoms with Crippen LogP contribution < -0.4 is 5.32 Å². The minimum atomic E-state index is 0.625. The Hall–Kier alpha value is -1.23. The molecule has 1 N–H and O–H groups in total. The van der Waals surface area contributed by atoms with Crippen LogP contribution in [0.1, 0.15) is 45.0 Å². The second-order valence-electron chi connectivity index (χ2n) is 4.13. The summed E-state index contributed by atoms with van der Waals surface area (Å²) < 4.78 is 5.41. The lowest BCUT2D eigenvalue weighted by Crippen LogP contribution is -2.12. The zero-order valence-electron chi connectivity index (χ0n) is 11.7. The van der Waals surface area contributed by atoms with Crippen molar-refractivity contribution in [1.29, 1.82) is 0 Å². The van der Waals surface area contributed by atoms with Gasteiger partial charge in [-0.3, -0.25) is 0 Å². The number of aryl methyl sites for hydroxylation is 2. The van der Waals surface area contributed by atoms with Crippen molar-refractivity contribution in [2.75, 3.05) is 25.1 Å². The Bertz CT molecular complexity index is 344. The first-order chi connectivity index (χ1) is 8.81. The second-order valence-corrected chi connectivity index (χ2v) is 4.13. The molecular weight excluding hydrogens is 228 g/mol. The normalized spacial score (nSPS) is 10.6. The highest BCUT2D eigenvalue weighted by atomic mass is 16.5. The molecule has 1 rings (SSSR count). The Morgan fingerprint density at radius 2 is 1.78 bits per heavy atom. The fourth-order valence-electron chi connectivity index (χ4n) is 1.63. The Balaban J connectivity index is 2.34. The van der Waals surface area contributed by atoms with Crippen LogP contribution in [-0.2, 0) is 17.6 Å². The van der Waals surface area contributed by atoms with Crippen molar-refractivity contribution in [2.45, 2.75) is 46.5 Å². The highest BCUT2D eigenvalue weighted by molar-refractivity contribution is 5.25. The van der Waals surface area contributed by atoms with Gasteiger partial charge in [-0.05, 0) is 25.7 Å². The molecule has 0 aromatic carbocycles. The van der Waals surface area contributed by atoms with Gasteiger partial charge in [-0.15, -0.1) is 5.10 Å². The zero-order valence-corrected chi connectivity index (χ0v) is 11.7. The standard InChI is InChI=1S/C13H24N4O/c1-4-9-18-10-7-8-14-13-15-11(5-2)12(6-3)16-17-13/h4-10H2,1-3H3,(H,14,15,17). The first-order valence-corrected chi connectivity index (χ1v) is 6.85. The number of hydrogen-bond acceptors (Lipinski definition) is 5. The molecule has 0 unspecified atom stereocenters. The highest BCUT2D eigenvalue weighted by Crippen LogP contribution is 2.06. The maximum absolute atomic E-state index is 5.41. The maximum Gasteiger partial charge on any atom is 0.242 e. The summed E-state index contributed by atoms with van der Waals surface area (Å²) in [6.45, 7) is 8.71. The molecule has 0 aliphatic heterocycles. The molecule has 18 heavy (non-hydrogen) atoms. The fraction of sp³-hybridized carbons (Fsp3) is 0.769. The van der Waals surface area contributed by atoms with Crippen LogP contribution in [0.25, 0.3) is 0 Å². The highest BCUT2D eigenvalue weighted by Gasteiger charge is 2.05. The van der Waals surface area contributed by atoms with Crippen LogP contribution in [-0.4, -0.2) is 34.9 Å². The van der Waals surface area contributed by atoms with E-state index in [-0.39, 0.29) is 0 Å². The summed E-state index contributed by atoms with van der Waals surface area (Å²) in [5.74, 6) is 0.625. The summed E-state index contributed by atoms with van der Waals surface area (Å²) in [6, 6.07) is 0. The van der Waals surface area contributed by atoms with Gasteiger partial charge in [0.1, 0.15) is 0 Å². The number of aromatic nitrogens is 3. The minimum absolute atomic E-state index is 0.625. The van der Waals surface area contributed by atoms with E-state index in [0.29, 0.717) is 5.95 Å². The van der Waals surface area contributed by atoms with Crippen molar-refractivity contribution in [3.63, 3.8) is 0 Å². The quantitative estimate of drug-likeness (QED) is 0.683. The van der Waals surface area contributed by atoms with E-state index in [4.69, 9.17) is 4.74 Å². The molecule has 0 aliphatic carbocycles. The van der Waals surface area contributed by atoms with E-state index < -0.39 is 0 Å². The van der Waals surface area contributed by atoms with Gasteiger partial charge in [-0.2, -0.15) is 5.10 Å². The van der Waals surface area contributed by atoms with E-state index in [1.807, 2.05) is 0 Å². The van der Waals surface area contributed by atoms with Crippen molar-refractivity contribution in [3.8, 4) is 0 Å². The molecule has 5 heteroatoms. The SMILES string of the molecule is CCCOCCCNc1nnc(CC)c(CC)n1. The summed E-state index contributed by atoms with van der Waals surface area (Å²) >= 11 is 0. The summed E-state index contributed by atoms with van der Waals surface area (Å²) in [5, 5.41) is 11.5.